The minimum Gasteiger partial charge on any atom is -0.482 e. The smallest absolute Gasteiger partial charge is 0.262 e. The number of fused-ring (bicyclic) bond motifs is 1. The predicted octanol–water partition coefficient (Wildman–Crippen LogP) is 5.47. The number of rotatable bonds is 5. The topological polar surface area (TPSA) is 64.4 Å². The number of halogens is 1. The molecule has 1 aromatic heterocycles. The number of carbonyl (C=O) groups is 1. The Labute approximate surface area is 166 Å². The Kier molecular flexibility index (Phi) is 5.00. The minimum atomic E-state index is -0.290. The lowest BCUT2D eigenvalue weighted by Crippen LogP contribution is -2.20. The summed E-state index contributed by atoms with van der Waals surface area (Å²) in [5.74, 6) is 0.719. The number of oxazole rings is 1. The summed E-state index contributed by atoms with van der Waals surface area (Å²) in [6, 6.07) is 20.3. The van der Waals surface area contributed by atoms with Crippen LogP contribution in [-0.4, -0.2) is 17.5 Å². The molecule has 4 rings (SSSR count). The molecular weight excluding hydrogens is 376 g/mol. The van der Waals surface area contributed by atoms with Crippen molar-refractivity contribution < 1.29 is 13.9 Å². The Morgan fingerprint density at radius 3 is 2.68 bits per heavy atom. The SMILES string of the molecule is Cc1ccc(-c2nc3cc(NC(=O)COc4ccccc4Cl)ccc3o2)cc1. The summed E-state index contributed by atoms with van der Waals surface area (Å²) in [6.45, 7) is 1.88. The number of anilines is 1. The van der Waals surface area contributed by atoms with E-state index in [0.717, 1.165) is 5.56 Å². The molecule has 0 radical (unpaired) electrons. The first-order valence-electron chi connectivity index (χ1n) is 8.73. The Morgan fingerprint density at radius 2 is 1.89 bits per heavy atom. The third-order valence-electron chi connectivity index (χ3n) is 4.17. The second-order valence-electron chi connectivity index (χ2n) is 6.33. The Hall–Kier alpha value is -3.31. The van der Waals surface area contributed by atoms with Crippen LogP contribution in [0.25, 0.3) is 22.6 Å². The normalized spacial score (nSPS) is 10.8. The maximum Gasteiger partial charge on any atom is 0.262 e. The second kappa shape index (κ2) is 7.74. The minimum absolute atomic E-state index is 0.144. The van der Waals surface area contributed by atoms with Gasteiger partial charge in [-0.2, -0.15) is 0 Å². The zero-order valence-electron chi connectivity index (χ0n) is 15.1. The van der Waals surface area contributed by atoms with Gasteiger partial charge in [-0.05, 0) is 49.4 Å². The summed E-state index contributed by atoms with van der Waals surface area (Å²) in [4.78, 5) is 16.7. The number of aromatic nitrogens is 1. The molecule has 4 aromatic rings. The van der Waals surface area contributed by atoms with Crippen LogP contribution in [0, 0.1) is 6.92 Å². The highest BCUT2D eigenvalue weighted by atomic mass is 35.5. The number of para-hydroxylation sites is 1. The van der Waals surface area contributed by atoms with Gasteiger partial charge in [0.2, 0.25) is 5.89 Å². The van der Waals surface area contributed by atoms with E-state index in [1.165, 1.54) is 5.56 Å². The van der Waals surface area contributed by atoms with Crippen molar-refractivity contribution in [2.45, 2.75) is 6.92 Å². The Bertz CT molecular complexity index is 1140. The van der Waals surface area contributed by atoms with Crippen molar-refractivity contribution in [2.75, 3.05) is 11.9 Å². The number of nitrogens with one attached hydrogen (secondary N) is 1. The van der Waals surface area contributed by atoms with Gasteiger partial charge in [0.05, 0.1) is 5.02 Å². The fraction of sp³-hybridized carbons (Fsp3) is 0.0909. The number of hydrogen-bond acceptors (Lipinski definition) is 4. The lowest BCUT2D eigenvalue weighted by molar-refractivity contribution is -0.118. The van der Waals surface area contributed by atoms with Gasteiger partial charge in [0, 0.05) is 11.3 Å². The first-order valence-corrected chi connectivity index (χ1v) is 9.11. The highest BCUT2D eigenvalue weighted by Gasteiger charge is 2.11. The standard InChI is InChI=1S/C22H17ClN2O3/c1-14-6-8-15(9-7-14)22-25-18-12-16(10-11-20(18)28-22)24-21(26)13-27-19-5-3-2-4-17(19)23/h2-12H,13H2,1H3,(H,24,26). The predicted molar refractivity (Wildman–Crippen MR) is 110 cm³/mol. The third kappa shape index (κ3) is 4.00. The first kappa shape index (κ1) is 18.1. The van der Waals surface area contributed by atoms with Crippen molar-refractivity contribution in [2.24, 2.45) is 0 Å². The molecule has 6 heteroatoms. The van der Waals surface area contributed by atoms with Crippen LogP contribution < -0.4 is 10.1 Å². The molecule has 140 valence electrons. The van der Waals surface area contributed by atoms with Crippen molar-refractivity contribution >= 4 is 34.3 Å². The molecule has 0 aliphatic carbocycles. The zero-order chi connectivity index (χ0) is 19.5. The lowest BCUT2D eigenvalue weighted by atomic mass is 10.1. The molecule has 0 atom stereocenters. The summed E-state index contributed by atoms with van der Waals surface area (Å²) in [5, 5.41) is 3.25. The number of carbonyl (C=O) groups excluding carboxylic acids is 1. The number of nitrogens with zero attached hydrogens (tertiary/aromatic N) is 1. The second-order valence-corrected chi connectivity index (χ2v) is 6.74. The van der Waals surface area contributed by atoms with Gasteiger partial charge in [0.25, 0.3) is 5.91 Å². The van der Waals surface area contributed by atoms with Crippen molar-refractivity contribution in [1.29, 1.82) is 0 Å². The maximum atomic E-state index is 12.2. The van der Waals surface area contributed by atoms with Crippen molar-refractivity contribution in [3.05, 3.63) is 77.3 Å². The fourth-order valence-electron chi connectivity index (χ4n) is 2.73. The van der Waals surface area contributed by atoms with E-state index in [0.29, 0.717) is 33.4 Å². The molecule has 28 heavy (non-hydrogen) atoms. The molecule has 0 saturated heterocycles. The van der Waals surface area contributed by atoms with Crippen LogP contribution in [-0.2, 0) is 4.79 Å². The molecule has 0 aliphatic rings. The van der Waals surface area contributed by atoms with Crippen LogP contribution in [0.15, 0.2) is 71.1 Å². The van der Waals surface area contributed by atoms with Gasteiger partial charge >= 0.3 is 0 Å². The number of amides is 1. The number of hydrogen-bond donors (Lipinski definition) is 1. The summed E-state index contributed by atoms with van der Waals surface area (Å²) < 4.78 is 11.3. The van der Waals surface area contributed by atoms with Crippen LogP contribution in [0.4, 0.5) is 5.69 Å². The first-order chi connectivity index (χ1) is 13.6. The number of aryl methyl sites for hydroxylation is 1. The summed E-state index contributed by atoms with van der Waals surface area (Å²) in [5.41, 5.74) is 4.01. The van der Waals surface area contributed by atoms with Gasteiger partial charge in [0.15, 0.2) is 12.2 Å². The van der Waals surface area contributed by atoms with Gasteiger partial charge < -0.3 is 14.5 Å². The van der Waals surface area contributed by atoms with Gasteiger partial charge in [0.1, 0.15) is 11.3 Å². The van der Waals surface area contributed by atoms with Crippen LogP contribution >= 0.6 is 11.6 Å². The average Bonchev–Trinajstić information content (AvgIpc) is 3.11. The molecule has 0 spiro atoms. The molecular formula is C22H17ClN2O3. The zero-order valence-corrected chi connectivity index (χ0v) is 15.9. The highest BCUT2D eigenvalue weighted by Crippen LogP contribution is 2.27. The Balaban J connectivity index is 1.46. The molecule has 1 N–H and O–H groups in total. The van der Waals surface area contributed by atoms with Gasteiger partial charge in [-0.3, -0.25) is 4.79 Å². The van der Waals surface area contributed by atoms with Crippen molar-refractivity contribution in [1.82, 2.24) is 4.98 Å². The number of benzene rings is 3. The van der Waals surface area contributed by atoms with E-state index >= 15 is 0 Å². The summed E-state index contributed by atoms with van der Waals surface area (Å²) in [6.07, 6.45) is 0. The van der Waals surface area contributed by atoms with E-state index in [1.807, 2.05) is 31.2 Å². The monoisotopic (exact) mass is 392 g/mol. The van der Waals surface area contributed by atoms with E-state index in [-0.39, 0.29) is 12.5 Å². The molecule has 0 fully saturated rings. The van der Waals surface area contributed by atoms with E-state index in [9.17, 15) is 4.79 Å². The lowest BCUT2D eigenvalue weighted by Gasteiger charge is -2.08. The summed E-state index contributed by atoms with van der Waals surface area (Å²) in [7, 11) is 0. The molecule has 1 heterocycles. The van der Waals surface area contributed by atoms with Crippen LogP contribution in [0.3, 0.4) is 0 Å². The molecule has 0 bridgehead atoms. The maximum absolute atomic E-state index is 12.2. The van der Waals surface area contributed by atoms with Crippen molar-refractivity contribution in [3.63, 3.8) is 0 Å². The van der Waals surface area contributed by atoms with E-state index in [2.05, 4.69) is 10.3 Å². The van der Waals surface area contributed by atoms with E-state index < -0.39 is 0 Å². The van der Waals surface area contributed by atoms with Crippen LogP contribution in [0.2, 0.25) is 5.02 Å². The average molecular weight is 393 g/mol. The molecule has 5 nitrogen and oxygen atoms in total. The quantitative estimate of drug-likeness (QED) is 0.488. The number of ether oxygens (including phenoxy) is 1. The van der Waals surface area contributed by atoms with Gasteiger partial charge in [-0.25, -0.2) is 4.98 Å². The summed E-state index contributed by atoms with van der Waals surface area (Å²) >= 11 is 6.02. The molecule has 0 saturated carbocycles. The third-order valence-corrected chi connectivity index (χ3v) is 4.48. The van der Waals surface area contributed by atoms with Crippen LogP contribution in [0.1, 0.15) is 5.56 Å². The van der Waals surface area contributed by atoms with Gasteiger partial charge in [-0.1, -0.05) is 41.4 Å². The largest absolute Gasteiger partial charge is 0.482 e. The molecule has 0 unspecified atom stereocenters. The Morgan fingerprint density at radius 1 is 1.11 bits per heavy atom. The molecule has 3 aromatic carbocycles. The highest BCUT2D eigenvalue weighted by molar-refractivity contribution is 6.32. The van der Waals surface area contributed by atoms with E-state index in [1.54, 1.807) is 42.5 Å². The van der Waals surface area contributed by atoms with Crippen LogP contribution in [0.5, 0.6) is 5.75 Å². The van der Waals surface area contributed by atoms with Gasteiger partial charge in [-0.15, -0.1) is 0 Å². The van der Waals surface area contributed by atoms with Crippen molar-refractivity contribution in [3.8, 4) is 17.2 Å². The fourth-order valence-corrected chi connectivity index (χ4v) is 2.92. The molecule has 0 aliphatic heterocycles. The van der Waals surface area contributed by atoms with E-state index in [4.69, 9.17) is 20.8 Å². The molecule has 1 amide bonds.